The fraction of sp³-hybridized carbons (Fsp3) is 0.400. The van der Waals surface area contributed by atoms with Crippen molar-refractivity contribution >= 4 is 29.4 Å². The van der Waals surface area contributed by atoms with Crippen molar-refractivity contribution in [3.05, 3.63) is 77.9 Å². The summed E-state index contributed by atoms with van der Waals surface area (Å²) >= 11 is 0. The zero-order chi connectivity index (χ0) is 25.8. The Balaban J connectivity index is 1.38. The lowest BCUT2D eigenvalue weighted by Gasteiger charge is -2.28. The molecule has 2 aromatic rings. The number of hydrogen-bond acceptors (Lipinski definition) is 6. The molecule has 4 N–H and O–H groups in total. The number of hydrogen-bond donors (Lipinski definition) is 2. The van der Waals surface area contributed by atoms with Crippen molar-refractivity contribution in [2.45, 2.75) is 70.5 Å². The van der Waals surface area contributed by atoms with Crippen LogP contribution < -0.4 is 11.5 Å². The van der Waals surface area contributed by atoms with E-state index in [4.69, 9.17) is 20.9 Å². The summed E-state index contributed by atoms with van der Waals surface area (Å²) in [5, 5.41) is 0. The van der Waals surface area contributed by atoms with Crippen LogP contribution >= 0.6 is 0 Å². The Morgan fingerprint density at radius 3 is 2.42 bits per heavy atom. The number of rotatable bonds is 12. The molecule has 2 aromatic carbocycles. The summed E-state index contributed by atoms with van der Waals surface area (Å²) in [4.78, 5) is 24.6. The number of allylic oxidation sites excluding steroid dienone is 1. The van der Waals surface area contributed by atoms with Crippen LogP contribution in [-0.2, 0) is 20.9 Å². The first kappa shape index (κ1) is 27.1. The molecule has 0 bridgehead atoms. The van der Waals surface area contributed by atoms with E-state index in [-0.39, 0.29) is 18.7 Å². The van der Waals surface area contributed by atoms with Crippen LogP contribution in [0.15, 0.2) is 61.2 Å². The summed E-state index contributed by atoms with van der Waals surface area (Å²) < 4.78 is 11.0. The third-order valence-electron chi connectivity index (χ3n) is 6.69. The zero-order valence-corrected chi connectivity index (χ0v) is 21.0. The molecule has 1 aliphatic carbocycles. The summed E-state index contributed by atoms with van der Waals surface area (Å²) in [6.07, 6.45) is 15.3. The minimum atomic E-state index is -0.484. The number of carbonyl (C=O) groups is 2. The highest BCUT2D eigenvalue weighted by Crippen LogP contribution is 2.30. The van der Waals surface area contributed by atoms with Gasteiger partial charge in [0.2, 0.25) is 0 Å². The lowest BCUT2D eigenvalue weighted by Crippen LogP contribution is -2.24. The van der Waals surface area contributed by atoms with Crippen molar-refractivity contribution in [2.75, 3.05) is 11.5 Å². The first-order chi connectivity index (χ1) is 17.4. The standard InChI is InChI=1S/C30H38N2O4/c1-2-3-4-5-6-7-22-10-17-27(18-11-22)36-30(34)24-13-8-23(9-14-24)12-19-29(33)35-21-25-15-16-26(31)20-28(25)32/h2,8-9,12-16,19-20,22,27H,1,3-7,10-11,17-18,21,31-32H2/b19-12+. The van der Waals surface area contributed by atoms with Crippen LogP contribution in [0.5, 0.6) is 0 Å². The van der Waals surface area contributed by atoms with Crippen molar-refractivity contribution in [3.63, 3.8) is 0 Å². The summed E-state index contributed by atoms with van der Waals surface area (Å²) in [6, 6.07) is 12.1. The van der Waals surface area contributed by atoms with E-state index >= 15 is 0 Å². The Morgan fingerprint density at radius 1 is 0.972 bits per heavy atom. The SMILES string of the molecule is C=CCCCCCC1CCC(OC(=O)c2ccc(/C=C/C(=O)OCc3ccc(N)cc3N)cc2)CC1. The number of benzene rings is 2. The minimum absolute atomic E-state index is 0.000972. The molecule has 36 heavy (non-hydrogen) atoms. The van der Waals surface area contributed by atoms with Crippen molar-refractivity contribution < 1.29 is 19.1 Å². The van der Waals surface area contributed by atoms with Crippen LogP contribution in [0.4, 0.5) is 11.4 Å². The van der Waals surface area contributed by atoms with Gasteiger partial charge in [0.15, 0.2) is 0 Å². The normalized spacial score (nSPS) is 17.6. The lowest BCUT2D eigenvalue weighted by molar-refractivity contribution is -0.138. The van der Waals surface area contributed by atoms with Crippen LogP contribution in [0.25, 0.3) is 6.08 Å². The summed E-state index contributed by atoms with van der Waals surface area (Å²) in [5.41, 5.74) is 14.6. The van der Waals surface area contributed by atoms with E-state index in [1.54, 1.807) is 48.5 Å². The quantitative estimate of drug-likeness (QED) is 0.116. The van der Waals surface area contributed by atoms with E-state index in [0.717, 1.165) is 43.6 Å². The van der Waals surface area contributed by atoms with E-state index in [2.05, 4.69) is 6.58 Å². The smallest absolute Gasteiger partial charge is 0.338 e. The third kappa shape index (κ3) is 8.91. The van der Waals surface area contributed by atoms with Gasteiger partial charge >= 0.3 is 11.9 Å². The van der Waals surface area contributed by atoms with Crippen molar-refractivity contribution in [1.29, 1.82) is 0 Å². The van der Waals surface area contributed by atoms with Gasteiger partial charge in [0.05, 0.1) is 5.56 Å². The molecule has 0 amide bonds. The summed E-state index contributed by atoms with van der Waals surface area (Å²) in [7, 11) is 0. The molecule has 0 aliphatic heterocycles. The molecular formula is C30H38N2O4. The van der Waals surface area contributed by atoms with Gasteiger partial charge in [-0.2, -0.15) is 0 Å². The van der Waals surface area contributed by atoms with E-state index in [1.807, 2.05) is 6.08 Å². The largest absolute Gasteiger partial charge is 0.459 e. The van der Waals surface area contributed by atoms with Gasteiger partial charge < -0.3 is 20.9 Å². The molecule has 6 heteroatoms. The lowest BCUT2D eigenvalue weighted by atomic mass is 9.84. The Bertz CT molecular complexity index is 1040. The molecule has 1 saturated carbocycles. The number of unbranched alkanes of at least 4 members (excludes halogenated alkanes) is 3. The van der Waals surface area contributed by atoms with Gasteiger partial charge in [-0.3, -0.25) is 0 Å². The molecule has 0 aromatic heterocycles. The number of ether oxygens (including phenoxy) is 2. The molecule has 1 aliphatic rings. The average molecular weight is 491 g/mol. The maximum absolute atomic E-state index is 12.6. The predicted octanol–water partition coefficient (Wildman–Crippen LogP) is 6.46. The monoisotopic (exact) mass is 490 g/mol. The van der Waals surface area contributed by atoms with E-state index in [0.29, 0.717) is 22.5 Å². The Hall–Kier alpha value is -3.54. The predicted molar refractivity (Wildman–Crippen MR) is 145 cm³/mol. The molecule has 0 heterocycles. The van der Waals surface area contributed by atoms with Gasteiger partial charge in [-0.05, 0) is 80.3 Å². The molecule has 0 unspecified atom stereocenters. The van der Waals surface area contributed by atoms with Crippen molar-refractivity contribution in [3.8, 4) is 0 Å². The van der Waals surface area contributed by atoms with Gasteiger partial charge in [0, 0.05) is 23.0 Å². The van der Waals surface area contributed by atoms with Gasteiger partial charge in [-0.25, -0.2) is 9.59 Å². The number of carbonyl (C=O) groups excluding carboxylic acids is 2. The van der Waals surface area contributed by atoms with Crippen molar-refractivity contribution in [1.82, 2.24) is 0 Å². The number of esters is 2. The molecule has 6 nitrogen and oxygen atoms in total. The van der Waals surface area contributed by atoms with E-state index in [9.17, 15) is 9.59 Å². The van der Waals surface area contributed by atoms with Gasteiger partial charge in [-0.1, -0.05) is 43.5 Å². The topological polar surface area (TPSA) is 105 Å². The van der Waals surface area contributed by atoms with Crippen LogP contribution in [0.1, 0.15) is 79.3 Å². The van der Waals surface area contributed by atoms with Gasteiger partial charge in [0.1, 0.15) is 12.7 Å². The number of nitrogen functional groups attached to an aromatic ring is 2. The summed E-state index contributed by atoms with van der Waals surface area (Å²) in [6.45, 7) is 3.84. The second kappa shape index (κ2) is 14.1. The van der Waals surface area contributed by atoms with Crippen LogP contribution in [0.2, 0.25) is 0 Å². The molecule has 0 saturated heterocycles. The van der Waals surface area contributed by atoms with Crippen LogP contribution in [0.3, 0.4) is 0 Å². The molecule has 0 spiro atoms. The molecular weight excluding hydrogens is 452 g/mol. The maximum Gasteiger partial charge on any atom is 0.338 e. The Labute approximate surface area is 214 Å². The van der Waals surface area contributed by atoms with Crippen molar-refractivity contribution in [2.24, 2.45) is 5.92 Å². The molecule has 0 radical (unpaired) electrons. The molecule has 0 atom stereocenters. The fourth-order valence-electron chi connectivity index (χ4n) is 4.49. The Morgan fingerprint density at radius 2 is 1.72 bits per heavy atom. The number of nitrogens with two attached hydrogens (primary N) is 2. The second-order valence-corrected chi connectivity index (χ2v) is 9.50. The fourth-order valence-corrected chi connectivity index (χ4v) is 4.49. The third-order valence-corrected chi connectivity index (χ3v) is 6.69. The minimum Gasteiger partial charge on any atom is -0.459 e. The zero-order valence-electron chi connectivity index (χ0n) is 21.0. The second-order valence-electron chi connectivity index (χ2n) is 9.50. The van der Waals surface area contributed by atoms with E-state index in [1.165, 1.54) is 31.8 Å². The van der Waals surface area contributed by atoms with Gasteiger partial charge in [-0.15, -0.1) is 6.58 Å². The summed E-state index contributed by atoms with van der Waals surface area (Å²) in [5.74, 6) is -0.0220. The molecule has 3 rings (SSSR count). The highest BCUT2D eigenvalue weighted by molar-refractivity contribution is 5.90. The highest BCUT2D eigenvalue weighted by Gasteiger charge is 2.24. The van der Waals surface area contributed by atoms with E-state index < -0.39 is 5.97 Å². The van der Waals surface area contributed by atoms with Crippen LogP contribution in [-0.4, -0.2) is 18.0 Å². The average Bonchev–Trinajstić information content (AvgIpc) is 2.88. The number of anilines is 2. The maximum atomic E-state index is 12.6. The molecule has 1 fully saturated rings. The van der Waals surface area contributed by atoms with Crippen LogP contribution in [0, 0.1) is 5.92 Å². The first-order valence-electron chi connectivity index (χ1n) is 12.8. The highest BCUT2D eigenvalue weighted by atomic mass is 16.5. The first-order valence-corrected chi connectivity index (χ1v) is 12.8. The van der Waals surface area contributed by atoms with Gasteiger partial charge in [0.25, 0.3) is 0 Å². The molecule has 192 valence electrons. The Kier molecular flexibility index (Phi) is 10.6.